The van der Waals surface area contributed by atoms with Gasteiger partial charge in [0.05, 0.1) is 13.2 Å². The van der Waals surface area contributed by atoms with Crippen LogP contribution in [0.15, 0.2) is 0 Å². The number of hydrogen-bond acceptors (Lipinski definition) is 6. The topological polar surface area (TPSA) is 55.8 Å². The molecule has 1 fully saturated rings. The normalized spacial score (nSPS) is 20.0. The Morgan fingerprint density at radius 2 is 2.00 bits per heavy atom. The van der Waals surface area contributed by atoms with Crippen molar-refractivity contribution in [3.8, 4) is 0 Å². The Labute approximate surface area is 119 Å². The van der Waals surface area contributed by atoms with Crippen LogP contribution < -0.4 is 0 Å². The lowest BCUT2D eigenvalue weighted by Crippen LogP contribution is -2.48. The van der Waals surface area contributed by atoms with Crippen molar-refractivity contribution < 1.29 is 19.1 Å². The lowest BCUT2D eigenvalue weighted by atomic mass is 10.2. The van der Waals surface area contributed by atoms with Crippen molar-refractivity contribution in [2.24, 2.45) is 0 Å². The van der Waals surface area contributed by atoms with Crippen molar-refractivity contribution in [1.82, 2.24) is 4.90 Å². The second kappa shape index (κ2) is 9.20. The number of ether oxygens (including phenoxy) is 2. The average Bonchev–Trinajstić information content (AvgIpc) is 2.40. The van der Waals surface area contributed by atoms with Crippen LogP contribution in [0.4, 0.5) is 0 Å². The molecule has 5 nitrogen and oxygen atoms in total. The van der Waals surface area contributed by atoms with Crippen molar-refractivity contribution >= 4 is 23.7 Å². The predicted molar refractivity (Wildman–Crippen MR) is 75.2 cm³/mol. The van der Waals surface area contributed by atoms with Crippen LogP contribution in [0.1, 0.15) is 26.7 Å². The third-order valence-electron chi connectivity index (χ3n) is 2.93. The fraction of sp³-hybridized carbons (Fsp3) is 0.846. The Morgan fingerprint density at radius 1 is 1.26 bits per heavy atom. The molecule has 0 N–H and O–H groups in total. The van der Waals surface area contributed by atoms with E-state index in [2.05, 4.69) is 4.90 Å². The van der Waals surface area contributed by atoms with Gasteiger partial charge >= 0.3 is 11.9 Å². The number of rotatable bonds is 7. The summed E-state index contributed by atoms with van der Waals surface area (Å²) in [4.78, 5) is 25.2. The summed E-state index contributed by atoms with van der Waals surface area (Å²) >= 11 is 1.77. The molecule has 0 aromatic rings. The summed E-state index contributed by atoms with van der Waals surface area (Å²) in [5, 5.41) is 0. The first-order valence-corrected chi connectivity index (χ1v) is 7.98. The van der Waals surface area contributed by atoms with Gasteiger partial charge in [-0.3, -0.25) is 14.5 Å². The summed E-state index contributed by atoms with van der Waals surface area (Å²) < 4.78 is 9.98. The first-order valence-electron chi connectivity index (χ1n) is 6.83. The van der Waals surface area contributed by atoms with Crippen molar-refractivity contribution in [3.63, 3.8) is 0 Å². The summed E-state index contributed by atoms with van der Waals surface area (Å²) in [6.45, 7) is 6.07. The van der Waals surface area contributed by atoms with Crippen molar-refractivity contribution in [2.45, 2.75) is 32.7 Å². The standard InChI is InChI=1S/C13H23NO4S/c1-3-17-12(15)6-5-7-14-8-9-19-10-11(14)13(16)18-4-2/h11H,3-10H2,1-2H3. The van der Waals surface area contributed by atoms with Gasteiger partial charge < -0.3 is 9.47 Å². The van der Waals surface area contributed by atoms with E-state index in [9.17, 15) is 9.59 Å². The highest BCUT2D eigenvalue weighted by atomic mass is 32.2. The summed E-state index contributed by atoms with van der Waals surface area (Å²) in [6, 6.07) is -0.166. The molecule has 0 saturated carbocycles. The van der Waals surface area contributed by atoms with Gasteiger partial charge in [0, 0.05) is 24.5 Å². The van der Waals surface area contributed by atoms with E-state index in [0.29, 0.717) is 19.6 Å². The van der Waals surface area contributed by atoms with Gasteiger partial charge in [-0.15, -0.1) is 0 Å². The van der Waals surface area contributed by atoms with Gasteiger partial charge in [0.2, 0.25) is 0 Å². The molecule has 1 unspecified atom stereocenters. The maximum absolute atomic E-state index is 11.8. The van der Waals surface area contributed by atoms with Crippen LogP contribution in [0.3, 0.4) is 0 Å². The highest BCUT2D eigenvalue weighted by molar-refractivity contribution is 7.99. The van der Waals surface area contributed by atoms with Crippen LogP contribution >= 0.6 is 11.8 Å². The number of carbonyl (C=O) groups is 2. The molecular weight excluding hydrogens is 266 g/mol. The molecule has 0 aromatic heterocycles. The quantitative estimate of drug-likeness (QED) is 0.659. The highest BCUT2D eigenvalue weighted by Gasteiger charge is 2.29. The molecule has 1 saturated heterocycles. The van der Waals surface area contributed by atoms with E-state index in [1.807, 2.05) is 6.92 Å². The van der Waals surface area contributed by atoms with E-state index in [1.54, 1.807) is 18.7 Å². The van der Waals surface area contributed by atoms with Crippen LogP contribution in [0.25, 0.3) is 0 Å². The molecule has 110 valence electrons. The van der Waals surface area contributed by atoms with E-state index >= 15 is 0 Å². The molecule has 1 aliphatic heterocycles. The monoisotopic (exact) mass is 289 g/mol. The lowest BCUT2D eigenvalue weighted by molar-refractivity contribution is -0.148. The van der Waals surface area contributed by atoms with Crippen LogP contribution in [0.2, 0.25) is 0 Å². The first-order chi connectivity index (χ1) is 9.19. The molecule has 0 radical (unpaired) electrons. The summed E-state index contributed by atoms with van der Waals surface area (Å²) in [5.74, 6) is 1.49. The molecule has 0 amide bonds. The van der Waals surface area contributed by atoms with Gasteiger partial charge in [0.1, 0.15) is 6.04 Å². The molecule has 0 aliphatic carbocycles. The molecule has 0 bridgehead atoms. The third kappa shape index (κ3) is 5.82. The minimum Gasteiger partial charge on any atom is -0.466 e. The van der Waals surface area contributed by atoms with Gasteiger partial charge in [-0.05, 0) is 26.8 Å². The zero-order valence-electron chi connectivity index (χ0n) is 11.7. The van der Waals surface area contributed by atoms with E-state index in [1.165, 1.54) is 0 Å². The Balaban J connectivity index is 2.35. The molecular formula is C13H23NO4S. The second-order valence-electron chi connectivity index (χ2n) is 4.29. The lowest BCUT2D eigenvalue weighted by Gasteiger charge is -2.33. The number of thioether (sulfide) groups is 1. The largest absolute Gasteiger partial charge is 0.466 e. The maximum atomic E-state index is 11.8. The minimum absolute atomic E-state index is 0.147. The molecule has 1 atom stereocenters. The number of carbonyl (C=O) groups excluding carboxylic acids is 2. The van der Waals surface area contributed by atoms with Gasteiger partial charge in [-0.1, -0.05) is 0 Å². The van der Waals surface area contributed by atoms with E-state index in [4.69, 9.17) is 9.47 Å². The zero-order chi connectivity index (χ0) is 14.1. The molecule has 0 aromatic carbocycles. The molecule has 1 heterocycles. The summed E-state index contributed by atoms with van der Waals surface area (Å²) in [7, 11) is 0. The van der Waals surface area contributed by atoms with Crippen molar-refractivity contribution in [2.75, 3.05) is 37.8 Å². The second-order valence-corrected chi connectivity index (χ2v) is 5.44. The fourth-order valence-corrected chi connectivity index (χ4v) is 3.12. The molecule has 1 rings (SSSR count). The van der Waals surface area contributed by atoms with Gasteiger partial charge in [-0.2, -0.15) is 11.8 Å². The van der Waals surface area contributed by atoms with Crippen LogP contribution in [0, 0.1) is 0 Å². The maximum Gasteiger partial charge on any atom is 0.324 e. The van der Waals surface area contributed by atoms with E-state index < -0.39 is 0 Å². The van der Waals surface area contributed by atoms with Crippen molar-refractivity contribution in [1.29, 1.82) is 0 Å². The Bertz CT molecular complexity index is 298. The van der Waals surface area contributed by atoms with Gasteiger partial charge in [0.15, 0.2) is 0 Å². The van der Waals surface area contributed by atoms with Gasteiger partial charge in [0.25, 0.3) is 0 Å². The molecule has 1 aliphatic rings. The number of esters is 2. The molecule has 19 heavy (non-hydrogen) atoms. The Morgan fingerprint density at radius 3 is 2.68 bits per heavy atom. The van der Waals surface area contributed by atoms with Crippen molar-refractivity contribution in [3.05, 3.63) is 0 Å². The summed E-state index contributed by atoms with van der Waals surface area (Å²) in [6.07, 6.45) is 1.13. The Hall–Kier alpha value is -0.750. The number of nitrogens with zero attached hydrogens (tertiary/aromatic N) is 1. The number of hydrogen-bond donors (Lipinski definition) is 0. The van der Waals surface area contributed by atoms with E-state index in [-0.39, 0.29) is 18.0 Å². The molecule has 0 spiro atoms. The van der Waals surface area contributed by atoms with Crippen LogP contribution in [0.5, 0.6) is 0 Å². The van der Waals surface area contributed by atoms with Gasteiger partial charge in [-0.25, -0.2) is 0 Å². The Kier molecular flexibility index (Phi) is 7.90. The predicted octanol–water partition coefficient (Wildman–Crippen LogP) is 1.31. The average molecular weight is 289 g/mol. The minimum atomic E-state index is -0.166. The van der Waals surface area contributed by atoms with E-state index in [0.717, 1.165) is 31.0 Å². The SMILES string of the molecule is CCOC(=O)CCCN1CCSCC1C(=O)OCC. The molecule has 6 heteroatoms. The van der Waals surface area contributed by atoms with Crippen LogP contribution in [-0.4, -0.2) is 60.7 Å². The fourth-order valence-electron chi connectivity index (χ4n) is 2.02. The summed E-state index contributed by atoms with van der Waals surface area (Å²) in [5.41, 5.74) is 0. The zero-order valence-corrected chi connectivity index (χ0v) is 12.5. The smallest absolute Gasteiger partial charge is 0.324 e. The first kappa shape index (κ1) is 16.3. The van der Waals surface area contributed by atoms with Crippen LogP contribution in [-0.2, 0) is 19.1 Å². The third-order valence-corrected chi connectivity index (χ3v) is 3.95. The highest BCUT2D eigenvalue weighted by Crippen LogP contribution is 2.18.